The van der Waals surface area contributed by atoms with E-state index >= 15 is 0 Å². The van der Waals surface area contributed by atoms with Crippen molar-refractivity contribution < 1.29 is 13.2 Å². The van der Waals surface area contributed by atoms with Gasteiger partial charge >= 0.3 is 5.69 Å². The van der Waals surface area contributed by atoms with E-state index in [4.69, 9.17) is 0 Å². The van der Waals surface area contributed by atoms with Crippen LogP contribution in [0.2, 0.25) is 0 Å². The monoisotopic (exact) mass is 406 g/mol. The molecule has 0 saturated carbocycles. The molecule has 0 spiro atoms. The number of sulfonamides is 1. The van der Waals surface area contributed by atoms with Gasteiger partial charge in [0.15, 0.2) is 0 Å². The van der Waals surface area contributed by atoms with E-state index in [0.717, 1.165) is 14.7 Å². The third-order valence-electron chi connectivity index (χ3n) is 4.73. The van der Waals surface area contributed by atoms with Crippen LogP contribution in [0.15, 0.2) is 46.1 Å². The molecule has 2 heterocycles. The maximum Gasteiger partial charge on any atom is 0.331 e. The third kappa shape index (κ3) is 4.01. The normalized spacial score (nSPS) is 16.7. The Labute approximate surface area is 162 Å². The van der Waals surface area contributed by atoms with Gasteiger partial charge in [-0.3, -0.25) is 23.0 Å². The largest absolute Gasteiger partial charge is 0.348 e. The van der Waals surface area contributed by atoms with Gasteiger partial charge in [-0.05, 0) is 31.0 Å². The van der Waals surface area contributed by atoms with Crippen molar-refractivity contribution in [1.82, 2.24) is 14.5 Å². The highest BCUT2D eigenvalue weighted by Crippen LogP contribution is 2.25. The molecule has 1 saturated heterocycles. The predicted molar refractivity (Wildman–Crippen MR) is 105 cm³/mol. The number of hydrogen-bond donors (Lipinski definition) is 1. The number of aromatic nitrogens is 2. The number of rotatable bonds is 5. The van der Waals surface area contributed by atoms with Crippen LogP contribution in [0.25, 0.3) is 0 Å². The molecule has 0 bridgehead atoms. The molecule has 9 nitrogen and oxygen atoms in total. The van der Waals surface area contributed by atoms with Gasteiger partial charge in [0.25, 0.3) is 5.56 Å². The maximum absolute atomic E-state index is 12.3. The Balaban J connectivity index is 1.67. The molecule has 3 rings (SSSR count). The minimum atomic E-state index is -3.23. The summed E-state index contributed by atoms with van der Waals surface area (Å²) in [4.78, 5) is 35.7. The topological polar surface area (TPSA) is 110 Å². The Morgan fingerprint density at radius 3 is 2.46 bits per heavy atom. The molecule has 150 valence electrons. The summed E-state index contributed by atoms with van der Waals surface area (Å²) in [7, 11) is -1.88. The fraction of sp³-hybridized carbons (Fsp3) is 0.389. The third-order valence-corrected chi connectivity index (χ3v) is 6.60. The van der Waals surface area contributed by atoms with E-state index in [1.54, 1.807) is 31.2 Å². The van der Waals surface area contributed by atoms with Crippen LogP contribution in [-0.4, -0.2) is 35.8 Å². The standard InChI is InChI=1S/C18H22N4O5S/c1-13(19-16(23)12-21-10-8-17(24)20(2)18(21)25)14-4-6-15(7-5-14)22-9-3-11-28(22,26)27/h4-8,10,13H,3,9,11-12H2,1-2H3,(H,19,23). The number of benzene rings is 1. The second-order valence-electron chi connectivity index (χ2n) is 6.75. The van der Waals surface area contributed by atoms with E-state index < -0.39 is 21.3 Å². The van der Waals surface area contributed by atoms with Gasteiger partial charge in [-0.2, -0.15) is 0 Å². The highest BCUT2D eigenvalue weighted by molar-refractivity contribution is 7.93. The lowest BCUT2D eigenvalue weighted by Crippen LogP contribution is -2.40. The van der Waals surface area contributed by atoms with Crippen LogP contribution in [0.3, 0.4) is 0 Å². The van der Waals surface area contributed by atoms with Crippen molar-refractivity contribution >= 4 is 21.6 Å². The Bertz CT molecular complexity index is 1100. The van der Waals surface area contributed by atoms with Gasteiger partial charge < -0.3 is 5.32 Å². The van der Waals surface area contributed by atoms with E-state index in [2.05, 4.69) is 5.32 Å². The molecule has 1 aromatic carbocycles. The summed E-state index contributed by atoms with van der Waals surface area (Å²) < 4.78 is 27.5. The van der Waals surface area contributed by atoms with Crippen molar-refractivity contribution in [2.24, 2.45) is 7.05 Å². The molecule has 10 heteroatoms. The molecule has 0 aliphatic carbocycles. The van der Waals surface area contributed by atoms with E-state index in [9.17, 15) is 22.8 Å². The number of hydrogen-bond acceptors (Lipinski definition) is 5. The molecular formula is C18H22N4O5S. The van der Waals surface area contributed by atoms with Crippen LogP contribution >= 0.6 is 0 Å². The molecule has 1 amide bonds. The van der Waals surface area contributed by atoms with Gasteiger partial charge in [-0.15, -0.1) is 0 Å². The van der Waals surface area contributed by atoms with Crippen LogP contribution in [-0.2, 0) is 28.4 Å². The van der Waals surface area contributed by atoms with Crippen LogP contribution in [0.4, 0.5) is 5.69 Å². The number of anilines is 1. The summed E-state index contributed by atoms with van der Waals surface area (Å²) in [5, 5.41) is 2.79. The van der Waals surface area contributed by atoms with Gasteiger partial charge in [0, 0.05) is 25.9 Å². The Kier molecular flexibility index (Phi) is 5.41. The van der Waals surface area contributed by atoms with Gasteiger partial charge in [0.2, 0.25) is 15.9 Å². The first kappa shape index (κ1) is 19.9. The van der Waals surface area contributed by atoms with Gasteiger partial charge in [0.05, 0.1) is 17.5 Å². The van der Waals surface area contributed by atoms with Crippen LogP contribution in [0.1, 0.15) is 24.9 Å². The summed E-state index contributed by atoms with van der Waals surface area (Å²) in [6, 6.07) is 7.87. The molecular weight excluding hydrogens is 384 g/mol. The number of carbonyl (C=O) groups is 1. The summed E-state index contributed by atoms with van der Waals surface area (Å²) in [6.45, 7) is 2.06. The van der Waals surface area contributed by atoms with Crippen LogP contribution in [0.5, 0.6) is 0 Å². The first-order valence-corrected chi connectivity index (χ1v) is 10.5. The van der Waals surface area contributed by atoms with Gasteiger partial charge in [-0.1, -0.05) is 12.1 Å². The summed E-state index contributed by atoms with van der Waals surface area (Å²) >= 11 is 0. The molecule has 1 fully saturated rings. The van der Waals surface area contributed by atoms with Crippen molar-refractivity contribution in [3.05, 3.63) is 62.9 Å². The molecule has 1 N–H and O–H groups in total. The first-order chi connectivity index (χ1) is 13.2. The summed E-state index contributed by atoms with van der Waals surface area (Å²) in [5.74, 6) is -0.217. The highest BCUT2D eigenvalue weighted by atomic mass is 32.2. The van der Waals surface area contributed by atoms with Crippen molar-refractivity contribution in [3.63, 3.8) is 0 Å². The Hall–Kier alpha value is -2.88. The molecule has 2 aromatic rings. The zero-order chi connectivity index (χ0) is 20.5. The summed E-state index contributed by atoms with van der Waals surface area (Å²) in [5.41, 5.74) is 0.416. The number of nitrogens with one attached hydrogen (secondary N) is 1. The van der Waals surface area contributed by atoms with Crippen molar-refractivity contribution in [2.75, 3.05) is 16.6 Å². The van der Waals surface area contributed by atoms with E-state index in [-0.39, 0.29) is 24.2 Å². The van der Waals surface area contributed by atoms with Gasteiger partial charge in [0.1, 0.15) is 6.54 Å². The lowest BCUT2D eigenvalue weighted by atomic mass is 10.1. The van der Waals surface area contributed by atoms with Crippen molar-refractivity contribution in [3.8, 4) is 0 Å². The second kappa shape index (κ2) is 7.63. The molecule has 1 atom stereocenters. The second-order valence-corrected chi connectivity index (χ2v) is 8.76. The lowest BCUT2D eigenvalue weighted by molar-refractivity contribution is -0.122. The lowest BCUT2D eigenvalue weighted by Gasteiger charge is -2.19. The predicted octanol–water partition coefficient (Wildman–Crippen LogP) is -0.0357. The minimum absolute atomic E-state index is 0.158. The highest BCUT2D eigenvalue weighted by Gasteiger charge is 2.28. The molecule has 1 aliphatic heterocycles. The summed E-state index contributed by atoms with van der Waals surface area (Å²) in [6.07, 6.45) is 1.90. The Morgan fingerprint density at radius 1 is 1.18 bits per heavy atom. The SMILES string of the molecule is CC(NC(=O)Cn1ccc(=O)n(C)c1=O)c1ccc(N2CCCS2(=O)=O)cc1. The molecule has 0 radical (unpaired) electrons. The molecule has 1 aromatic heterocycles. The van der Waals surface area contributed by atoms with Crippen molar-refractivity contribution in [2.45, 2.75) is 25.9 Å². The van der Waals surface area contributed by atoms with E-state index in [0.29, 0.717) is 18.7 Å². The quantitative estimate of drug-likeness (QED) is 0.749. The minimum Gasteiger partial charge on any atom is -0.348 e. The van der Waals surface area contributed by atoms with E-state index in [1.807, 2.05) is 0 Å². The van der Waals surface area contributed by atoms with Crippen LogP contribution < -0.4 is 20.9 Å². The van der Waals surface area contributed by atoms with Crippen LogP contribution in [0, 0.1) is 0 Å². The van der Waals surface area contributed by atoms with Crippen molar-refractivity contribution in [1.29, 1.82) is 0 Å². The molecule has 28 heavy (non-hydrogen) atoms. The average Bonchev–Trinajstić information content (AvgIpc) is 3.01. The zero-order valence-electron chi connectivity index (χ0n) is 15.7. The molecule has 1 aliphatic rings. The Morgan fingerprint density at radius 2 is 1.86 bits per heavy atom. The fourth-order valence-electron chi connectivity index (χ4n) is 3.12. The zero-order valence-corrected chi connectivity index (χ0v) is 16.5. The fourth-order valence-corrected chi connectivity index (χ4v) is 4.69. The number of carbonyl (C=O) groups excluding carboxylic acids is 1. The first-order valence-electron chi connectivity index (χ1n) is 8.85. The van der Waals surface area contributed by atoms with E-state index in [1.165, 1.54) is 23.6 Å². The van der Waals surface area contributed by atoms with Gasteiger partial charge in [-0.25, -0.2) is 13.2 Å². The number of nitrogens with zero attached hydrogens (tertiary/aromatic N) is 3. The maximum atomic E-state index is 12.3. The smallest absolute Gasteiger partial charge is 0.331 e. The average molecular weight is 406 g/mol. The molecule has 1 unspecified atom stereocenters. The number of amides is 1.